The molecule has 134 valence electrons. The number of ether oxygens (including phenoxy) is 1. The number of carbonyl (C=O) groups excluding carboxylic acids is 1. The van der Waals surface area contributed by atoms with Crippen molar-refractivity contribution >= 4 is 11.7 Å². The van der Waals surface area contributed by atoms with Crippen LogP contribution in [0.25, 0.3) is 0 Å². The Morgan fingerprint density at radius 1 is 1.15 bits per heavy atom. The molecule has 1 aromatic carbocycles. The molecule has 0 N–H and O–H groups in total. The Labute approximate surface area is 153 Å². The lowest BCUT2D eigenvalue weighted by Crippen LogP contribution is -2.31. The van der Waals surface area contributed by atoms with Crippen molar-refractivity contribution in [1.29, 1.82) is 0 Å². The number of anilines is 1. The molecule has 0 unspecified atom stereocenters. The van der Waals surface area contributed by atoms with Crippen molar-refractivity contribution < 1.29 is 13.9 Å². The smallest absolute Gasteiger partial charge is 0.259 e. The number of pyridine rings is 1. The van der Waals surface area contributed by atoms with Gasteiger partial charge in [-0.3, -0.25) is 9.69 Å². The van der Waals surface area contributed by atoms with E-state index in [1.807, 2.05) is 36.4 Å². The van der Waals surface area contributed by atoms with Crippen molar-refractivity contribution in [2.24, 2.45) is 0 Å². The SMILES string of the molecule is CCCCOc1cccc(C(=O)N(Cc2ccco2)c2ccccn2)c1. The molecule has 3 rings (SSSR count). The fourth-order valence-corrected chi connectivity index (χ4v) is 2.54. The fourth-order valence-electron chi connectivity index (χ4n) is 2.54. The third-order valence-corrected chi connectivity index (χ3v) is 3.91. The zero-order chi connectivity index (χ0) is 18.2. The average molecular weight is 350 g/mol. The number of furan rings is 1. The summed E-state index contributed by atoms with van der Waals surface area (Å²) in [5.74, 6) is 1.81. The molecule has 0 aliphatic rings. The minimum atomic E-state index is -0.152. The maximum Gasteiger partial charge on any atom is 0.259 e. The lowest BCUT2D eigenvalue weighted by molar-refractivity contribution is 0.0982. The van der Waals surface area contributed by atoms with Crippen molar-refractivity contribution in [2.75, 3.05) is 11.5 Å². The number of unbranched alkanes of at least 4 members (excludes halogenated alkanes) is 1. The average Bonchev–Trinajstić information content (AvgIpc) is 3.20. The molecule has 1 amide bonds. The first-order valence-electron chi connectivity index (χ1n) is 8.76. The van der Waals surface area contributed by atoms with Crippen molar-refractivity contribution in [3.8, 4) is 5.75 Å². The van der Waals surface area contributed by atoms with Crippen LogP contribution in [0.5, 0.6) is 5.75 Å². The predicted molar refractivity (Wildman–Crippen MR) is 100 cm³/mol. The third kappa shape index (κ3) is 4.51. The van der Waals surface area contributed by atoms with Crippen molar-refractivity contribution in [2.45, 2.75) is 26.3 Å². The van der Waals surface area contributed by atoms with E-state index in [-0.39, 0.29) is 5.91 Å². The van der Waals surface area contributed by atoms with Gasteiger partial charge in [-0.2, -0.15) is 0 Å². The molecule has 0 saturated carbocycles. The molecule has 2 heterocycles. The van der Waals surface area contributed by atoms with Crippen LogP contribution in [0.2, 0.25) is 0 Å². The summed E-state index contributed by atoms with van der Waals surface area (Å²) in [7, 11) is 0. The molecule has 0 fully saturated rings. The van der Waals surface area contributed by atoms with Crippen molar-refractivity contribution in [3.63, 3.8) is 0 Å². The van der Waals surface area contributed by atoms with Crippen LogP contribution in [-0.2, 0) is 6.54 Å². The van der Waals surface area contributed by atoms with Crippen molar-refractivity contribution in [3.05, 3.63) is 78.4 Å². The first-order chi connectivity index (χ1) is 12.8. The monoisotopic (exact) mass is 350 g/mol. The van der Waals surface area contributed by atoms with Gasteiger partial charge in [0, 0.05) is 11.8 Å². The van der Waals surface area contributed by atoms with Gasteiger partial charge in [0.25, 0.3) is 5.91 Å². The topological polar surface area (TPSA) is 55.6 Å². The summed E-state index contributed by atoms with van der Waals surface area (Å²) in [6.07, 6.45) is 5.31. The molecule has 5 nitrogen and oxygen atoms in total. The van der Waals surface area contributed by atoms with Crippen LogP contribution in [0.15, 0.2) is 71.5 Å². The Kier molecular flexibility index (Phi) is 6.04. The summed E-state index contributed by atoms with van der Waals surface area (Å²) in [5, 5.41) is 0. The Morgan fingerprint density at radius 2 is 2.08 bits per heavy atom. The third-order valence-electron chi connectivity index (χ3n) is 3.91. The minimum absolute atomic E-state index is 0.152. The molecule has 0 spiro atoms. The minimum Gasteiger partial charge on any atom is -0.494 e. The highest BCUT2D eigenvalue weighted by Crippen LogP contribution is 2.21. The van der Waals surface area contributed by atoms with Gasteiger partial charge < -0.3 is 9.15 Å². The van der Waals surface area contributed by atoms with E-state index < -0.39 is 0 Å². The molecular weight excluding hydrogens is 328 g/mol. The number of hydrogen-bond acceptors (Lipinski definition) is 4. The normalized spacial score (nSPS) is 10.5. The van der Waals surface area contributed by atoms with Crippen LogP contribution in [0.4, 0.5) is 5.82 Å². The van der Waals surface area contributed by atoms with Crippen LogP contribution in [-0.4, -0.2) is 17.5 Å². The zero-order valence-corrected chi connectivity index (χ0v) is 14.8. The Balaban J connectivity index is 1.84. The van der Waals surface area contributed by atoms with Gasteiger partial charge in [-0.1, -0.05) is 25.5 Å². The van der Waals surface area contributed by atoms with E-state index in [1.165, 1.54) is 0 Å². The summed E-state index contributed by atoms with van der Waals surface area (Å²) in [4.78, 5) is 19.1. The van der Waals surface area contributed by atoms with E-state index in [9.17, 15) is 4.79 Å². The molecule has 3 aromatic rings. The van der Waals surface area contributed by atoms with Crippen LogP contribution < -0.4 is 9.64 Å². The summed E-state index contributed by atoms with van der Waals surface area (Å²) >= 11 is 0. The largest absolute Gasteiger partial charge is 0.494 e. The van der Waals surface area contributed by atoms with Gasteiger partial charge >= 0.3 is 0 Å². The molecule has 0 bridgehead atoms. The maximum atomic E-state index is 13.1. The lowest BCUT2D eigenvalue weighted by atomic mass is 10.1. The first-order valence-corrected chi connectivity index (χ1v) is 8.76. The van der Waals surface area contributed by atoms with Crippen LogP contribution in [0, 0.1) is 0 Å². The lowest BCUT2D eigenvalue weighted by Gasteiger charge is -2.21. The second kappa shape index (κ2) is 8.85. The molecule has 26 heavy (non-hydrogen) atoms. The molecule has 0 aliphatic carbocycles. The summed E-state index contributed by atoms with van der Waals surface area (Å²) in [5.41, 5.74) is 0.552. The quantitative estimate of drug-likeness (QED) is 0.553. The second-order valence-electron chi connectivity index (χ2n) is 5.89. The number of benzene rings is 1. The number of rotatable bonds is 8. The van der Waals surface area contributed by atoms with E-state index in [2.05, 4.69) is 11.9 Å². The van der Waals surface area contributed by atoms with Crippen LogP contribution in [0.3, 0.4) is 0 Å². The van der Waals surface area contributed by atoms with E-state index >= 15 is 0 Å². The molecule has 0 atom stereocenters. The summed E-state index contributed by atoms with van der Waals surface area (Å²) in [6.45, 7) is 3.07. The zero-order valence-electron chi connectivity index (χ0n) is 14.8. The highest BCUT2D eigenvalue weighted by Gasteiger charge is 2.20. The van der Waals surface area contributed by atoms with Gasteiger partial charge in [0.15, 0.2) is 0 Å². The molecule has 0 radical (unpaired) electrons. The standard InChI is InChI=1S/C21H22N2O3/c1-2-3-13-25-18-9-6-8-17(15-18)21(24)23(16-19-10-7-14-26-19)20-11-4-5-12-22-20/h4-12,14-15H,2-3,13,16H2,1H3. The highest BCUT2D eigenvalue weighted by molar-refractivity contribution is 6.05. The first kappa shape index (κ1) is 17.7. The second-order valence-corrected chi connectivity index (χ2v) is 5.89. The number of nitrogens with zero attached hydrogens (tertiary/aromatic N) is 2. The molecule has 0 aliphatic heterocycles. The number of amides is 1. The fraction of sp³-hybridized carbons (Fsp3) is 0.238. The maximum absolute atomic E-state index is 13.1. The molecular formula is C21H22N2O3. The molecule has 5 heteroatoms. The highest BCUT2D eigenvalue weighted by atomic mass is 16.5. The van der Waals surface area contributed by atoms with Gasteiger partial charge in [-0.25, -0.2) is 4.98 Å². The summed E-state index contributed by atoms with van der Waals surface area (Å²) in [6, 6.07) is 16.4. The Bertz CT molecular complexity index is 816. The van der Waals surface area contributed by atoms with E-state index in [0.29, 0.717) is 36.0 Å². The van der Waals surface area contributed by atoms with Gasteiger partial charge in [0.2, 0.25) is 0 Å². The van der Waals surface area contributed by atoms with Crippen LogP contribution >= 0.6 is 0 Å². The number of hydrogen-bond donors (Lipinski definition) is 0. The van der Waals surface area contributed by atoms with Gasteiger partial charge in [-0.05, 0) is 48.9 Å². The molecule has 2 aromatic heterocycles. The Hall–Kier alpha value is -3.08. The summed E-state index contributed by atoms with van der Waals surface area (Å²) < 4.78 is 11.1. The van der Waals surface area contributed by atoms with Crippen LogP contribution in [0.1, 0.15) is 35.9 Å². The van der Waals surface area contributed by atoms with Gasteiger partial charge in [0.05, 0.1) is 19.4 Å². The van der Waals surface area contributed by atoms with E-state index in [4.69, 9.17) is 9.15 Å². The molecule has 0 saturated heterocycles. The van der Waals surface area contributed by atoms with Gasteiger partial charge in [-0.15, -0.1) is 0 Å². The van der Waals surface area contributed by atoms with E-state index in [0.717, 1.165) is 12.8 Å². The van der Waals surface area contributed by atoms with E-state index in [1.54, 1.807) is 35.6 Å². The number of carbonyl (C=O) groups is 1. The Morgan fingerprint density at radius 3 is 2.81 bits per heavy atom. The van der Waals surface area contributed by atoms with Gasteiger partial charge in [0.1, 0.15) is 17.3 Å². The number of aromatic nitrogens is 1. The van der Waals surface area contributed by atoms with Crippen molar-refractivity contribution in [1.82, 2.24) is 4.98 Å². The predicted octanol–water partition coefficient (Wildman–Crippen LogP) is 4.70.